The molecule has 1 aromatic carbocycles. The Morgan fingerprint density at radius 2 is 2.16 bits per heavy atom. The van der Waals surface area contributed by atoms with Crippen LogP contribution in [0.1, 0.15) is 30.6 Å². The highest BCUT2D eigenvalue weighted by atomic mass is 35.5. The van der Waals surface area contributed by atoms with Crippen LogP contribution in [0.25, 0.3) is 0 Å². The van der Waals surface area contributed by atoms with Crippen molar-refractivity contribution in [2.24, 2.45) is 0 Å². The third-order valence-electron chi connectivity index (χ3n) is 4.14. The number of carbonyl (C=O) groups excluding carboxylic acids is 1. The molecule has 2 aromatic rings. The fourth-order valence-corrected chi connectivity index (χ4v) is 2.97. The van der Waals surface area contributed by atoms with Crippen LogP contribution in [0.5, 0.6) is 0 Å². The predicted molar refractivity (Wildman–Crippen MR) is 92.0 cm³/mol. The Morgan fingerprint density at radius 3 is 2.88 bits per heavy atom. The molecule has 1 N–H and O–H groups in total. The molecule has 1 unspecified atom stereocenters. The van der Waals surface area contributed by atoms with Crippen LogP contribution in [0.3, 0.4) is 0 Å². The monoisotopic (exact) mass is 362 g/mol. The molecule has 1 heterocycles. The maximum atomic E-state index is 12.4. The van der Waals surface area contributed by atoms with Gasteiger partial charge in [-0.25, -0.2) is 4.68 Å². The lowest BCUT2D eigenvalue weighted by molar-refractivity contribution is -0.384. The second-order valence-electron chi connectivity index (χ2n) is 5.84. The lowest BCUT2D eigenvalue weighted by Gasteiger charge is -2.15. The third kappa shape index (κ3) is 3.39. The van der Waals surface area contributed by atoms with Crippen LogP contribution < -0.4 is 10.9 Å². The topological polar surface area (TPSA) is 107 Å². The first kappa shape index (κ1) is 17.1. The fourth-order valence-electron chi connectivity index (χ4n) is 2.78. The number of hydrogen-bond acceptors (Lipinski definition) is 5. The largest absolute Gasteiger partial charge is 0.324 e. The van der Waals surface area contributed by atoms with Gasteiger partial charge < -0.3 is 5.32 Å². The minimum absolute atomic E-state index is 0.0208. The van der Waals surface area contributed by atoms with Crippen molar-refractivity contribution < 1.29 is 9.72 Å². The minimum atomic E-state index is -0.854. The number of hydrogen-bond donors (Lipinski definition) is 1. The molecule has 3 rings (SSSR count). The highest BCUT2D eigenvalue weighted by molar-refractivity contribution is 6.32. The van der Waals surface area contributed by atoms with E-state index in [2.05, 4.69) is 10.4 Å². The molecule has 0 radical (unpaired) electrons. The van der Waals surface area contributed by atoms with Crippen molar-refractivity contribution in [3.8, 4) is 0 Å². The molecule has 1 aromatic heterocycles. The van der Waals surface area contributed by atoms with Gasteiger partial charge in [0.2, 0.25) is 5.91 Å². The first-order valence-electron chi connectivity index (χ1n) is 7.73. The number of amides is 1. The zero-order valence-electron chi connectivity index (χ0n) is 13.4. The molecule has 0 saturated carbocycles. The van der Waals surface area contributed by atoms with Gasteiger partial charge in [0.05, 0.1) is 10.6 Å². The van der Waals surface area contributed by atoms with Crippen LogP contribution in [-0.4, -0.2) is 20.6 Å². The van der Waals surface area contributed by atoms with E-state index >= 15 is 0 Å². The Labute approximate surface area is 147 Å². The van der Waals surface area contributed by atoms with Crippen molar-refractivity contribution in [1.82, 2.24) is 9.78 Å². The van der Waals surface area contributed by atoms with Crippen molar-refractivity contribution in [3.63, 3.8) is 0 Å². The summed E-state index contributed by atoms with van der Waals surface area (Å²) in [5, 5.41) is 17.7. The van der Waals surface area contributed by atoms with Crippen LogP contribution >= 0.6 is 11.6 Å². The van der Waals surface area contributed by atoms with Gasteiger partial charge in [-0.1, -0.05) is 11.6 Å². The SMILES string of the molecule is CC(C(=O)Nc1ccc(Cl)c([N+](=O)[O-])c1)n1nc2c(cc1=O)CCC2. The van der Waals surface area contributed by atoms with Gasteiger partial charge in [0, 0.05) is 17.8 Å². The van der Waals surface area contributed by atoms with E-state index in [1.165, 1.54) is 24.3 Å². The zero-order chi connectivity index (χ0) is 18.1. The van der Waals surface area contributed by atoms with Crippen molar-refractivity contribution in [1.29, 1.82) is 0 Å². The molecule has 1 amide bonds. The van der Waals surface area contributed by atoms with Crippen LogP contribution in [0.4, 0.5) is 11.4 Å². The van der Waals surface area contributed by atoms with Gasteiger partial charge in [-0.15, -0.1) is 0 Å². The molecule has 8 nitrogen and oxygen atoms in total. The van der Waals surface area contributed by atoms with Crippen molar-refractivity contribution in [3.05, 3.63) is 61.0 Å². The highest BCUT2D eigenvalue weighted by Gasteiger charge is 2.22. The highest BCUT2D eigenvalue weighted by Crippen LogP contribution is 2.27. The molecule has 0 spiro atoms. The number of aryl methyl sites for hydroxylation is 2. The summed E-state index contributed by atoms with van der Waals surface area (Å²) in [6.07, 6.45) is 2.56. The summed E-state index contributed by atoms with van der Waals surface area (Å²) < 4.78 is 1.14. The number of nitrogens with one attached hydrogen (secondary N) is 1. The molecular formula is C16H15ClN4O4. The summed E-state index contributed by atoms with van der Waals surface area (Å²) in [6.45, 7) is 1.55. The second-order valence-corrected chi connectivity index (χ2v) is 6.25. The number of benzene rings is 1. The van der Waals surface area contributed by atoms with E-state index in [1.807, 2.05) is 0 Å². The lowest BCUT2D eigenvalue weighted by atomic mass is 10.2. The smallest absolute Gasteiger partial charge is 0.289 e. The Hall–Kier alpha value is -2.74. The second kappa shape index (κ2) is 6.64. The molecular weight excluding hydrogens is 348 g/mol. The molecule has 1 aliphatic rings. The van der Waals surface area contributed by atoms with E-state index in [-0.39, 0.29) is 22.0 Å². The van der Waals surface area contributed by atoms with E-state index < -0.39 is 16.9 Å². The maximum absolute atomic E-state index is 12.4. The fraction of sp³-hybridized carbons (Fsp3) is 0.312. The van der Waals surface area contributed by atoms with Crippen LogP contribution in [0.15, 0.2) is 29.1 Å². The molecule has 130 valence electrons. The summed E-state index contributed by atoms with van der Waals surface area (Å²) in [6, 6.07) is 4.63. The minimum Gasteiger partial charge on any atom is -0.324 e. The molecule has 0 fully saturated rings. The number of carbonyl (C=O) groups is 1. The number of nitro benzene ring substituents is 1. The van der Waals surface area contributed by atoms with Gasteiger partial charge in [-0.3, -0.25) is 19.7 Å². The Bertz CT molecular complexity index is 925. The van der Waals surface area contributed by atoms with E-state index in [1.54, 1.807) is 6.92 Å². The van der Waals surface area contributed by atoms with Gasteiger partial charge in [0.25, 0.3) is 11.2 Å². The average Bonchev–Trinajstić information content (AvgIpc) is 3.02. The molecule has 1 atom stereocenters. The number of nitro groups is 1. The first-order valence-corrected chi connectivity index (χ1v) is 8.11. The Balaban J connectivity index is 1.83. The Morgan fingerprint density at radius 1 is 1.40 bits per heavy atom. The van der Waals surface area contributed by atoms with Crippen LogP contribution in [0, 0.1) is 10.1 Å². The number of nitrogens with zero attached hydrogens (tertiary/aromatic N) is 3. The van der Waals surface area contributed by atoms with Gasteiger partial charge in [-0.05, 0) is 43.9 Å². The van der Waals surface area contributed by atoms with Crippen LogP contribution in [0.2, 0.25) is 5.02 Å². The molecule has 0 saturated heterocycles. The van der Waals surface area contributed by atoms with Gasteiger partial charge in [0.15, 0.2) is 0 Å². The molecule has 0 bridgehead atoms. The van der Waals surface area contributed by atoms with Crippen molar-refractivity contribution in [2.45, 2.75) is 32.2 Å². The zero-order valence-corrected chi connectivity index (χ0v) is 14.1. The van der Waals surface area contributed by atoms with Gasteiger partial charge >= 0.3 is 0 Å². The van der Waals surface area contributed by atoms with E-state index in [0.29, 0.717) is 0 Å². The number of fused-ring (bicyclic) bond motifs is 1. The number of anilines is 1. The number of rotatable bonds is 4. The predicted octanol–water partition coefficient (Wildman–Crippen LogP) is 2.49. The molecule has 25 heavy (non-hydrogen) atoms. The third-order valence-corrected chi connectivity index (χ3v) is 4.46. The van der Waals surface area contributed by atoms with Crippen molar-refractivity contribution >= 4 is 28.9 Å². The molecule has 9 heteroatoms. The maximum Gasteiger partial charge on any atom is 0.289 e. The van der Waals surface area contributed by atoms with E-state index in [0.717, 1.165) is 35.2 Å². The quantitative estimate of drug-likeness (QED) is 0.664. The lowest BCUT2D eigenvalue weighted by Crippen LogP contribution is -2.34. The normalized spacial score (nSPS) is 14.0. The van der Waals surface area contributed by atoms with Gasteiger partial charge in [0.1, 0.15) is 11.1 Å². The van der Waals surface area contributed by atoms with Crippen LogP contribution in [-0.2, 0) is 17.6 Å². The summed E-state index contributed by atoms with van der Waals surface area (Å²) in [4.78, 5) is 34.9. The average molecular weight is 363 g/mol. The summed E-state index contributed by atoms with van der Waals surface area (Å²) in [5.74, 6) is -0.496. The Kier molecular flexibility index (Phi) is 4.54. The summed E-state index contributed by atoms with van der Waals surface area (Å²) in [5.41, 5.74) is 1.34. The van der Waals surface area contributed by atoms with E-state index in [9.17, 15) is 19.7 Å². The summed E-state index contributed by atoms with van der Waals surface area (Å²) >= 11 is 5.75. The van der Waals surface area contributed by atoms with Crippen molar-refractivity contribution in [2.75, 3.05) is 5.32 Å². The first-order chi connectivity index (χ1) is 11.9. The van der Waals surface area contributed by atoms with Gasteiger partial charge in [-0.2, -0.15) is 5.10 Å². The number of halogens is 1. The standard InChI is InChI=1S/C16H15ClN4O4/c1-9(20-15(22)7-10-3-2-4-13(10)19-20)16(23)18-11-5-6-12(17)14(8-11)21(24)25/h5-9H,2-4H2,1H3,(H,18,23). The number of aromatic nitrogens is 2. The summed E-state index contributed by atoms with van der Waals surface area (Å²) in [7, 11) is 0. The molecule has 0 aliphatic heterocycles. The molecule has 1 aliphatic carbocycles. The van der Waals surface area contributed by atoms with E-state index in [4.69, 9.17) is 11.6 Å².